The summed E-state index contributed by atoms with van der Waals surface area (Å²) < 4.78 is 32.2. The van der Waals surface area contributed by atoms with Gasteiger partial charge >= 0.3 is 6.01 Å². The van der Waals surface area contributed by atoms with Gasteiger partial charge in [0.15, 0.2) is 0 Å². The number of nitrogens with one attached hydrogen (secondary N) is 1. The fraction of sp³-hybridized carbons (Fsp3) is 0.733. The van der Waals surface area contributed by atoms with Crippen LogP contribution >= 0.6 is 0 Å². The van der Waals surface area contributed by atoms with Crippen molar-refractivity contribution >= 4 is 10.0 Å². The zero-order valence-electron chi connectivity index (χ0n) is 13.5. The van der Waals surface area contributed by atoms with E-state index < -0.39 is 10.0 Å². The Morgan fingerprint density at radius 2 is 1.77 bits per heavy atom. The fourth-order valence-corrected chi connectivity index (χ4v) is 4.17. The molecule has 0 amide bonds. The molecule has 1 saturated carbocycles. The van der Waals surface area contributed by atoms with Crippen molar-refractivity contribution in [2.75, 3.05) is 5.75 Å². The third-order valence-electron chi connectivity index (χ3n) is 3.73. The van der Waals surface area contributed by atoms with E-state index in [1.54, 1.807) is 0 Å². The van der Waals surface area contributed by atoms with Gasteiger partial charge < -0.3 is 4.74 Å². The second-order valence-electron chi connectivity index (χ2n) is 5.96. The average Bonchev–Trinajstić information content (AvgIpc) is 2.39. The molecule has 1 aromatic heterocycles. The summed E-state index contributed by atoms with van der Waals surface area (Å²) in [5, 5.41) is 0. The van der Waals surface area contributed by atoms with E-state index in [9.17, 15) is 8.42 Å². The van der Waals surface area contributed by atoms with Gasteiger partial charge in [0.05, 0.1) is 5.75 Å². The first-order chi connectivity index (χ1) is 10.4. The van der Waals surface area contributed by atoms with Crippen LogP contribution in [0.3, 0.4) is 0 Å². The highest BCUT2D eigenvalue weighted by Crippen LogP contribution is 2.23. The number of rotatable bonds is 6. The molecule has 1 aliphatic rings. The van der Waals surface area contributed by atoms with E-state index in [-0.39, 0.29) is 17.9 Å². The molecule has 0 atom stereocenters. The molecule has 0 aliphatic heterocycles. The standard InChI is InChI=1S/C15H25N3O3S/c1-4-9-22(19,20)18-13-5-7-14(8-6-13)21-15-16-11(2)10-12(3)17-15/h10,13-14,18H,4-9H2,1-3H3. The highest BCUT2D eigenvalue weighted by atomic mass is 32.2. The Labute approximate surface area is 132 Å². The van der Waals surface area contributed by atoms with Crippen LogP contribution in [-0.4, -0.2) is 36.3 Å². The Balaban J connectivity index is 1.84. The maximum atomic E-state index is 11.8. The molecule has 124 valence electrons. The molecule has 1 N–H and O–H groups in total. The molecule has 7 heteroatoms. The zero-order valence-corrected chi connectivity index (χ0v) is 14.3. The summed E-state index contributed by atoms with van der Waals surface area (Å²) >= 11 is 0. The Morgan fingerprint density at radius 3 is 2.32 bits per heavy atom. The molecular weight excluding hydrogens is 302 g/mol. The number of ether oxygens (including phenoxy) is 1. The number of hydrogen-bond acceptors (Lipinski definition) is 5. The van der Waals surface area contributed by atoms with E-state index in [2.05, 4.69) is 14.7 Å². The predicted molar refractivity (Wildman–Crippen MR) is 85.4 cm³/mol. The topological polar surface area (TPSA) is 81.2 Å². The van der Waals surface area contributed by atoms with Gasteiger partial charge in [-0.25, -0.2) is 23.1 Å². The van der Waals surface area contributed by atoms with Crippen LogP contribution in [0.2, 0.25) is 0 Å². The summed E-state index contributed by atoms with van der Waals surface area (Å²) in [7, 11) is -3.13. The second kappa shape index (κ2) is 7.37. The van der Waals surface area contributed by atoms with E-state index in [4.69, 9.17) is 4.74 Å². The fourth-order valence-electron chi connectivity index (χ4n) is 2.78. The van der Waals surface area contributed by atoms with Gasteiger partial charge in [0, 0.05) is 17.4 Å². The first-order valence-electron chi connectivity index (χ1n) is 7.87. The highest BCUT2D eigenvalue weighted by Gasteiger charge is 2.26. The second-order valence-corrected chi connectivity index (χ2v) is 7.83. The lowest BCUT2D eigenvalue weighted by molar-refractivity contribution is 0.131. The van der Waals surface area contributed by atoms with Crippen LogP contribution in [0.1, 0.15) is 50.4 Å². The number of aryl methyl sites for hydroxylation is 2. The minimum absolute atomic E-state index is 0.0246. The lowest BCUT2D eigenvalue weighted by atomic mass is 9.94. The maximum Gasteiger partial charge on any atom is 0.317 e. The van der Waals surface area contributed by atoms with Crippen molar-refractivity contribution in [2.45, 2.75) is 65.0 Å². The molecule has 1 aliphatic carbocycles. The molecule has 0 radical (unpaired) electrons. The van der Waals surface area contributed by atoms with Crippen LogP contribution in [0.5, 0.6) is 6.01 Å². The number of hydrogen-bond donors (Lipinski definition) is 1. The van der Waals surface area contributed by atoms with E-state index in [1.807, 2.05) is 26.8 Å². The summed E-state index contributed by atoms with van der Waals surface area (Å²) in [6.07, 6.45) is 3.91. The molecule has 0 spiro atoms. The van der Waals surface area contributed by atoms with Crippen LogP contribution in [0, 0.1) is 13.8 Å². The van der Waals surface area contributed by atoms with E-state index in [0.29, 0.717) is 12.4 Å². The van der Waals surface area contributed by atoms with Crippen LogP contribution in [0.15, 0.2) is 6.07 Å². The zero-order chi connectivity index (χ0) is 16.2. The third kappa shape index (κ3) is 5.21. The Morgan fingerprint density at radius 1 is 1.18 bits per heavy atom. The molecule has 0 bridgehead atoms. The summed E-state index contributed by atoms with van der Waals surface area (Å²) in [6.45, 7) is 5.70. The minimum atomic E-state index is -3.13. The molecule has 0 aromatic carbocycles. The number of nitrogens with zero attached hydrogens (tertiary/aromatic N) is 2. The van der Waals surface area contributed by atoms with E-state index >= 15 is 0 Å². The Hall–Kier alpha value is -1.21. The van der Waals surface area contributed by atoms with Crippen LogP contribution in [-0.2, 0) is 10.0 Å². The van der Waals surface area contributed by atoms with Crippen molar-refractivity contribution in [3.8, 4) is 6.01 Å². The first-order valence-corrected chi connectivity index (χ1v) is 9.52. The summed E-state index contributed by atoms with van der Waals surface area (Å²) in [5.74, 6) is 0.194. The molecule has 2 rings (SSSR count). The summed E-state index contributed by atoms with van der Waals surface area (Å²) in [5.41, 5.74) is 1.78. The van der Waals surface area contributed by atoms with Gasteiger partial charge in [0.2, 0.25) is 10.0 Å². The number of aromatic nitrogens is 2. The molecular formula is C15H25N3O3S. The van der Waals surface area contributed by atoms with Crippen LogP contribution < -0.4 is 9.46 Å². The van der Waals surface area contributed by atoms with E-state index in [0.717, 1.165) is 37.1 Å². The molecule has 1 aromatic rings. The average molecular weight is 327 g/mol. The molecule has 22 heavy (non-hydrogen) atoms. The summed E-state index contributed by atoms with van der Waals surface area (Å²) in [4.78, 5) is 8.57. The van der Waals surface area contributed by atoms with Gasteiger partial charge in [-0.15, -0.1) is 0 Å². The van der Waals surface area contributed by atoms with Crippen LogP contribution in [0.25, 0.3) is 0 Å². The largest absolute Gasteiger partial charge is 0.460 e. The van der Waals surface area contributed by atoms with Gasteiger partial charge in [-0.3, -0.25) is 0 Å². The van der Waals surface area contributed by atoms with Gasteiger partial charge in [0.25, 0.3) is 0 Å². The highest BCUT2D eigenvalue weighted by molar-refractivity contribution is 7.89. The van der Waals surface area contributed by atoms with Gasteiger partial charge in [-0.05, 0) is 52.0 Å². The van der Waals surface area contributed by atoms with Crippen molar-refractivity contribution in [1.29, 1.82) is 0 Å². The normalized spacial score (nSPS) is 22.5. The van der Waals surface area contributed by atoms with Gasteiger partial charge in [0.1, 0.15) is 6.10 Å². The Bertz CT molecular complexity index is 576. The SMILES string of the molecule is CCCS(=O)(=O)NC1CCC(Oc2nc(C)cc(C)n2)CC1. The first kappa shape index (κ1) is 17.1. The lowest BCUT2D eigenvalue weighted by Crippen LogP contribution is -2.40. The van der Waals surface area contributed by atoms with Crippen molar-refractivity contribution in [2.24, 2.45) is 0 Å². The van der Waals surface area contributed by atoms with Gasteiger partial charge in [-0.1, -0.05) is 6.92 Å². The molecule has 1 heterocycles. The van der Waals surface area contributed by atoms with Crippen molar-refractivity contribution < 1.29 is 13.2 Å². The number of sulfonamides is 1. The maximum absolute atomic E-state index is 11.8. The third-order valence-corrected chi connectivity index (χ3v) is 5.37. The minimum Gasteiger partial charge on any atom is -0.460 e. The summed E-state index contributed by atoms with van der Waals surface area (Å²) in [6, 6.07) is 2.36. The van der Waals surface area contributed by atoms with Crippen molar-refractivity contribution in [1.82, 2.24) is 14.7 Å². The quantitative estimate of drug-likeness (QED) is 0.865. The Kier molecular flexibility index (Phi) is 5.74. The molecule has 1 fully saturated rings. The van der Waals surface area contributed by atoms with Crippen molar-refractivity contribution in [3.05, 3.63) is 17.5 Å². The van der Waals surface area contributed by atoms with E-state index in [1.165, 1.54) is 0 Å². The van der Waals surface area contributed by atoms with Gasteiger partial charge in [-0.2, -0.15) is 0 Å². The smallest absolute Gasteiger partial charge is 0.317 e. The van der Waals surface area contributed by atoms with Crippen molar-refractivity contribution in [3.63, 3.8) is 0 Å². The molecule has 0 unspecified atom stereocenters. The monoisotopic (exact) mass is 327 g/mol. The molecule has 0 saturated heterocycles. The predicted octanol–water partition coefficient (Wildman–Crippen LogP) is 2.11. The molecule has 6 nitrogen and oxygen atoms in total. The lowest BCUT2D eigenvalue weighted by Gasteiger charge is -2.28. The van der Waals surface area contributed by atoms with Crippen LogP contribution in [0.4, 0.5) is 0 Å².